The molecule has 0 fully saturated rings. The topological polar surface area (TPSA) is 58.4 Å². The van der Waals surface area contributed by atoms with Crippen molar-refractivity contribution in [2.75, 3.05) is 26.2 Å². The molecule has 0 radical (unpaired) electrons. The predicted octanol–water partition coefficient (Wildman–Crippen LogP) is 7.53. The Hall–Kier alpha value is -3.96. The Morgan fingerprint density at radius 2 is 1.71 bits per heavy atom. The van der Waals surface area contributed by atoms with E-state index in [4.69, 9.17) is 17.8 Å². The molecule has 0 bridgehead atoms. The Morgan fingerprint density at radius 3 is 2.38 bits per heavy atom. The van der Waals surface area contributed by atoms with Gasteiger partial charge in [-0.2, -0.15) is 18.2 Å². The molecule has 1 amide bonds. The van der Waals surface area contributed by atoms with Gasteiger partial charge in [-0.15, -0.1) is 0 Å². The lowest BCUT2D eigenvalue weighted by atomic mass is 9.98. The van der Waals surface area contributed by atoms with Crippen LogP contribution in [0.15, 0.2) is 76.5 Å². The molecule has 0 saturated heterocycles. The number of nitrogens with zero attached hydrogens (tertiary/aromatic N) is 4. The monoisotopic (exact) mass is 695 g/mol. The minimum atomic E-state index is -5.15. The van der Waals surface area contributed by atoms with Crippen LogP contribution in [-0.2, 0) is 42.5 Å². The summed E-state index contributed by atoms with van der Waals surface area (Å²) < 4.78 is 186. The maximum atomic E-state index is 14.9. The lowest BCUT2D eigenvalue weighted by Crippen LogP contribution is -2.40. The largest absolute Gasteiger partial charge is 0.416 e. The fourth-order valence-electron chi connectivity index (χ4n) is 4.68. The van der Waals surface area contributed by atoms with Crippen LogP contribution in [0.4, 0.5) is 17.6 Å². The van der Waals surface area contributed by atoms with Crippen LogP contribution in [0.5, 0.6) is 0 Å². The number of hydrogen-bond donors (Lipinski definition) is 0. The number of carbonyl (C=O) groups is 1. The summed E-state index contributed by atoms with van der Waals surface area (Å²) in [4.78, 5) is 34.7. The van der Waals surface area contributed by atoms with E-state index in [1.807, 2.05) is 0 Å². The summed E-state index contributed by atoms with van der Waals surface area (Å²) in [5.74, 6) is -2.37. The summed E-state index contributed by atoms with van der Waals surface area (Å²) >= 11 is 0.570. The van der Waals surface area contributed by atoms with Gasteiger partial charge in [0.05, 0.1) is 17.9 Å². The molecular weight excluding hydrogens is 640 g/mol. The number of aromatic nitrogens is 2. The molecular formula is C37H40F4N4O2S. The fourth-order valence-corrected chi connectivity index (χ4v) is 5.58. The zero-order valence-electron chi connectivity index (χ0n) is 41.1. The number of carbonyl (C=O) groups excluding carboxylic acids is 1. The highest BCUT2D eigenvalue weighted by atomic mass is 32.2. The molecule has 1 heterocycles. The number of rotatable bonds is 13. The van der Waals surface area contributed by atoms with Gasteiger partial charge in [0.1, 0.15) is 12.3 Å². The number of likely N-dealkylation sites (N-methyl/N-ethyl adjacent to an activating group) is 1. The second-order valence-corrected chi connectivity index (χ2v) is 11.5. The van der Waals surface area contributed by atoms with Crippen molar-refractivity contribution in [3.8, 4) is 11.1 Å². The molecule has 4 aromatic rings. The van der Waals surface area contributed by atoms with Crippen LogP contribution < -0.4 is 5.56 Å². The highest BCUT2D eigenvalue weighted by Crippen LogP contribution is 2.34. The van der Waals surface area contributed by atoms with Gasteiger partial charge in [0.15, 0.2) is 5.16 Å². The highest BCUT2D eigenvalue weighted by molar-refractivity contribution is 7.98. The van der Waals surface area contributed by atoms with E-state index < -0.39 is 149 Å². The third-order valence-corrected chi connectivity index (χ3v) is 8.36. The number of alkyl halides is 3. The predicted molar refractivity (Wildman–Crippen MR) is 181 cm³/mol. The number of amides is 1. The molecule has 0 aliphatic heterocycles. The molecule has 5 rings (SSSR count). The summed E-state index contributed by atoms with van der Waals surface area (Å²) in [6.45, 7) is 0.271. The summed E-state index contributed by atoms with van der Waals surface area (Å²) in [5.41, 5.74) is -7.97. The van der Waals surface area contributed by atoms with Gasteiger partial charge in [0.2, 0.25) is 5.91 Å². The molecule has 0 atom stereocenters. The molecule has 1 aliphatic rings. The van der Waals surface area contributed by atoms with Crippen LogP contribution in [0.2, 0.25) is 0 Å². The lowest BCUT2D eigenvalue weighted by molar-refractivity contribution is -0.138. The number of halogens is 4. The average Bonchev–Trinajstić information content (AvgIpc) is 3.30. The Morgan fingerprint density at radius 1 is 1.02 bits per heavy atom. The maximum Gasteiger partial charge on any atom is 0.416 e. The van der Waals surface area contributed by atoms with E-state index in [2.05, 4.69) is 4.98 Å². The maximum absolute atomic E-state index is 14.9. The van der Waals surface area contributed by atoms with Gasteiger partial charge in [0, 0.05) is 44.9 Å². The Balaban J connectivity index is 1.73. The van der Waals surface area contributed by atoms with Crippen LogP contribution in [0.3, 0.4) is 0 Å². The van der Waals surface area contributed by atoms with E-state index in [1.165, 1.54) is 12.1 Å². The number of thioether (sulfide) groups is 1. The van der Waals surface area contributed by atoms with Crippen molar-refractivity contribution in [1.82, 2.24) is 19.4 Å². The number of benzene rings is 3. The van der Waals surface area contributed by atoms with Crippen molar-refractivity contribution in [3.05, 3.63) is 116 Å². The van der Waals surface area contributed by atoms with Crippen LogP contribution in [-0.4, -0.2) is 51.4 Å². The molecule has 48 heavy (non-hydrogen) atoms. The molecule has 0 unspecified atom stereocenters. The summed E-state index contributed by atoms with van der Waals surface area (Å²) in [7, 11) is 0. The molecule has 1 aliphatic carbocycles. The van der Waals surface area contributed by atoms with Gasteiger partial charge in [0.25, 0.3) is 5.56 Å². The zero-order chi connectivity index (χ0) is 47.7. The first-order valence-corrected chi connectivity index (χ1v) is 15.8. The normalized spacial score (nSPS) is 20.8. The Kier molecular flexibility index (Phi) is 6.63. The minimum Gasteiger partial charge on any atom is -0.336 e. The van der Waals surface area contributed by atoms with E-state index in [9.17, 15) is 29.9 Å². The summed E-state index contributed by atoms with van der Waals surface area (Å²) in [6, 6.07) is -2.41. The molecule has 11 heteroatoms. The van der Waals surface area contributed by atoms with Crippen LogP contribution in [0.25, 0.3) is 11.1 Å². The van der Waals surface area contributed by atoms with Gasteiger partial charge >= 0.3 is 6.18 Å². The van der Waals surface area contributed by atoms with E-state index in [0.717, 1.165) is 24.0 Å². The summed E-state index contributed by atoms with van der Waals surface area (Å²) in [5, 5.41) is -0.700. The second kappa shape index (κ2) is 15.5. The third kappa shape index (κ3) is 8.54. The van der Waals surface area contributed by atoms with Crippen molar-refractivity contribution in [3.63, 3.8) is 0 Å². The molecule has 0 spiro atoms. The van der Waals surface area contributed by atoms with Crippen LogP contribution in [0, 0.1) is 12.7 Å². The quantitative estimate of drug-likeness (QED) is 0.0823. The highest BCUT2D eigenvalue weighted by Gasteiger charge is 2.32. The van der Waals surface area contributed by atoms with Crippen LogP contribution in [0.1, 0.15) is 74.3 Å². The van der Waals surface area contributed by atoms with Crippen molar-refractivity contribution in [2.24, 2.45) is 0 Å². The molecule has 3 aromatic carbocycles. The summed E-state index contributed by atoms with van der Waals surface area (Å²) in [6.07, 6.45) is -15.6. The lowest BCUT2D eigenvalue weighted by Gasteiger charge is -2.28. The van der Waals surface area contributed by atoms with E-state index in [0.29, 0.717) is 35.0 Å². The average molecular weight is 696 g/mol. The van der Waals surface area contributed by atoms with Crippen molar-refractivity contribution >= 4 is 17.7 Å². The van der Waals surface area contributed by atoms with Gasteiger partial charge in [-0.3, -0.25) is 9.59 Å². The number of hydrogen-bond acceptors (Lipinski definition) is 5. The van der Waals surface area contributed by atoms with Gasteiger partial charge < -0.3 is 14.4 Å². The van der Waals surface area contributed by atoms with Crippen LogP contribution >= 0.6 is 11.8 Å². The van der Waals surface area contributed by atoms with Gasteiger partial charge in [-0.05, 0) is 85.1 Å². The van der Waals surface area contributed by atoms with Crippen molar-refractivity contribution in [1.29, 1.82) is 0 Å². The smallest absolute Gasteiger partial charge is 0.336 e. The molecule has 0 N–H and O–H groups in total. The Bertz CT molecular complexity index is 2480. The molecule has 254 valence electrons. The molecule has 1 aromatic heterocycles. The fraction of sp³-hybridized carbons (Fsp3) is 0.378. The van der Waals surface area contributed by atoms with Crippen molar-refractivity contribution in [2.45, 2.75) is 70.0 Å². The van der Waals surface area contributed by atoms with Gasteiger partial charge in [-0.25, -0.2) is 4.39 Å². The molecule has 6 nitrogen and oxygen atoms in total. The standard InChI is InChI=1S/C37H40F4N4O2S/c1-4-43(5-2)19-20-44(22-26-9-13-28(14-10-26)29-15-18-32(25(3)21-29)37(39,40)41)34(46)23-45-33-8-6-7-31(33)35(47)42-36(45)48-24-27-11-16-30(38)17-12-27/h9-18,21H,4-8,19-20,22-24H2,1-3H3/i6D2,7D2,8D2,9D,10D,13D,14D,15D,18D,21D,23D2. The molecule has 0 saturated carbocycles. The van der Waals surface area contributed by atoms with E-state index in [1.54, 1.807) is 18.7 Å². The Labute approximate surface area is 303 Å². The first kappa shape index (κ1) is 20.5. The van der Waals surface area contributed by atoms with E-state index >= 15 is 0 Å². The second-order valence-electron chi connectivity index (χ2n) is 10.5. The van der Waals surface area contributed by atoms with E-state index in [-0.39, 0.29) is 12.3 Å². The zero-order valence-corrected chi connectivity index (χ0v) is 26.9. The van der Waals surface area contributed by atoms with Gasteiger partial charge in [-0.1, -0.05) is 74.0 Å². The minimum absolute atomic E-state index is 0.00479. The third-order valence-electron chi connectivity index (χ3n) is 7.35. The first-order valence-electron chi connectivity index (χ1n) is 22.3. The number of fused-ring (bicyclic) bond motifs is 1. The SMILES string of the molecule is [2H]c1c([2H])c(-c2c([2H])c([2H])c(C(F)(F)F)c(C)c2[2H])c([2H])c([2H])c1CN(CCN(CC)CC)C(=O)C([2H])([2H])n1c(SCc2ccc(F)cc2)nc(=O)c2c1C([2H])([2H])C([2H])([2H])C2([2H])[2H]. The first-order chi connectivity index (χ1) is 28.9. The van der Waals surface area contributed by atoms with Crippen molar-refractivity contribution < 1.29 is 42.9 Å².